The van der Waals surface area contributed by atoms with Crippen LogP contribution in [0.2, 0.25) is 0 Å². The topological polar surface area (TPSA) is 139 Å². The number of pyridine rings is 1. The molecule has 1 amide bonds. The van der Waals surface area contributed by atoms with E-state index in [0.717, 1.165) is 11.1 Å². The average molecular weight is 423 g/mol. The molecule has 1 fully saturated rings. The number of ether oxygens (including phenoxy) is 3. The van der Waals surface area contributed by atoms with Crippen LogP contribution in [0.3, 0.4) is 0 Å². The van der Waals surface area contributed by atoms with Crippen LogP contribution in [0, 0.1) is 11.3 Å². The highest BCUT2D eigenvalue weighted by Gasteiger charge is 2.47. The number of carboxylic acid groups (broad SMARTS) is 1. The molecule has 1 aromatic carbocycles. The molecular formula is C21H17N3O7. The van der Waals surface area contributed by atoms with Gasteiger partial charge in [-0.05, 0) is 29.8 Å². The Labute approximate surface area is 176 Å². The van der Waals surface area contributed by atoms with Crippen molar-refractivity contribution in [3.63, 3.8) is 0 Å². The van der Waals surface area contributed by atoms with Gasteiger partial charge in [-0.1, -0.05) is 6.07 Å². The van der Waals surface area contributed by atoms with Crippen LogP contribution in [-0.2, 0) is 19.1 Å². The molecule has 3 heterocycles. The van der Waals surface area contributed by atoms with Crippen LogP contribution in [0.1, 0.15) is 18.5 Å². The number of rotatable bonds is 6. The number of anilines is 1. The number of carbonyl (C=O) groups excluding carboxylic acids is 2. The summed E-state index contributed by atoms with van der Waals surface area (Å²) in [5.41, 5.74) is 2.45. The normalized spacial score (nSPS) is 18.8. The van der Waals surface area contributed by atoms with Gasteiger partial charge >= 0.3 is 18.0 Å². The highest BCUT2D eigenvalue weighted by atomic mass is 16.6. The second-order valence-electron chi connectivity index (χ2n) is 6.97. The van der Waals surface area contributed by atoms with E-state index in [4.69, 9.17) is 24.6 Å². The van der Waals surface area contributed by atoms with Crippen LogP contribution in [0.25, 0.3) is 11.1 Å². The Morgan fingerprint density at radius 2 is 2.06 bits per heavy atom. The van der Waals surface area contributed by atoms with Gasteiger partial charge in [0.15, 0.2) is 6.10 Å². The number of aliphatic carboxylic acids is 1. The van der Waals surface area contributed by atoms with E-state index in [1.54, 1.807) is 36.5 Å². The molecular weight excluding hydrogens is 406 g/mol. The van der Waals surface area contributed by atoms with Crippen LogP contribution in [0.15, 0.2) is 36.5 Å². The third-order valence-corrected chi connectivity index (χ3v) is 5.00. The van der Waals surface area contributed by atoms with Crippen LogP contribution in [0.4, 0.5) is 10.5 Å². The van der Waals surface area contributed by atoms with Crippen LogP contribution in [-0.4, -0.2) is 53.5 Å². The zero-order valence-corrected chi connectivity index (χ0v) is 16.2. The van der Waals surface area contributed by atoms with Gasteiger partial charge in [0.05, 0.1) is 18.5 Å². The first-order chi connectivity index (χ1) is 15.0. The highest BCUT2D eigenvalue weighted by molar-refractivity contribution is 5.94. The van der Waals surface area contributed by atoms with Gasteiger partial charge in [-0.2, -0.15) is 5.26 Å². The summed E-state index contributed by atoms with van der Waals surface area (Å²) in [5, 5.41) is 17.5. The predicted octanol–water partition coefficient (Wildman–Crippen LogP) is 2.11. The summed E-state index contributed by atoms with van der Waals surface area (Å²) in [6.45, 7) is -0.0375. The number of fused-ring (bicyclic) bond motifs is 3. The van der Waals surface area contributed by atoms with Gasteiger partial charge in [-0.25, -0.2) is 9.78 Å². The molecule has 0 aliphatic carbocycles. The maximum Gasteiger partial charge on any atom is 0.415 e. The summed E-state index contributed by atoms with van der Waals surface area (Å²) in [6.07, 6.45) is -0.292. The number of aromatic nitrogens is 1. The fourth-order valence-corrected chi connectivity index (χ4v) is 3.44. The predicted molar refractivity (Wildman–Crippen MR) is 104 cm³/mol. The summed E-state index contributed by atoms with van der Waals surface area (Å²) in [6, 6.07) is 10.2. The van der Waals surface area contributed by atoms with Gasteiger partial charge in [-0.3, -0.25) is 14.5 Å². The number of esters is 1. The maximum atomic E-state index is 12.5. The minimum absolute atomic E-state index is 0.144. The number of benzene rings is 1. The molecule has 31 heavy (non-hydrogen) atoms. The van der Waals surface area contributed by atoms with Crippen molar-refractivity contribution in [2.24, 2.45) is 0 Å². The Morgan fingerprint density at radius 3 is 2.77 bits per heavy atom. The monoisotopic (exact) mass is 423 g/mol. The summed E-state index contributed by atoms with van der Waals surface area (Å²) >= 11 is 0. The number of carboxylic acids is 1. The maximum absolute atomic E-state index is 12.5. The van der Waals surface area contributed by atoms with E-state index in [1.165, 1.54) is 4.90 Å². The molecule has 2 aliphatic heterocycles. The number of hydrogen-bond donors (Lipinski definition) is 1. The molecule has 10 nitrogen and oxygen atoms in total. The Bertz CT molecular complexity index is 1080. The molecule has 0 spiro atoms. The third-order valence-electron chi connectivity index (χ3n) is 5.00. The molecule has 1 aromatic heterocycles. The van der Waals surface area contributed by atoms with Gasteiger partial charge in [0, 0.05) is 11.8 Å². The van der Waals surface area contributed by atoms with Gasteiger partial charge in [0.1, 0.15) is 36.8 Å². The van der Waals surface area contributed by atoms with Crippen molar-refractivity contribution in [2.75, 3.05) is 18.1 Å². The molecule has 1 saturated heterocycles. The number of carbonyl (C=O) groups is 3. The van der Waals surface area contributed by atoms with E-state index >= 15 is 0 Å². The summed E-state index contributed by atoms with van der Waals surface area (Å²) in [5.74, 6) is -1.27. The minimum Gasteiger partial charge on any atom is -0.489 e. The Hall–Kier alpha value is -4.13. The zero-order valence-electron chi connectivity index (χ0n) is 16.2. The lowest BCUT2D eigenvalue weighted by Crippen LogP contribution is -2.45. The summed E-state index contributed by atoms with van der Waals surface area (Å²) < 4.78 is 16.3. The second-order valence-corrected chi connectivity index (χ2v) is 6.97. The fourth-order valence-electron chi connectivity index (χ4n) is 3.44. The molecule has 0 bridgehead atoms. The standard InChI is InChI=1S/C21H17N3O7/c22-8-14-3-1-13(9-23-14)12-2-4-15-17(7-12)29-10-16-18(31-21(28)24(15)16)11-30-20(27)6-5-19(25)26/h1-4,7,9,16,18H,5-6,10-11H2,(H,25,26)/t16-,18-/m0/s1. The van der Waals surface area contributed by atoms with Crippen molar-refractivity contribution in [3.8, 4) is 22.9 Å². The van der Waals surface area contributed by atoms with Gasteiger partial charge < -0.3 is 19.3 Å². The van der Waals surface area contributed by atoms with Crippen molar-refractivity contribution in [1.82, 2.24) is 4.98 Å². The lowest BCUT2D eigenvalue weighted by Gasteiger charge is -2.31. The second kappa shape index (κ2) is 8.31. The molecule has 0 unspecified atom stereocenters. The first kappa shape index (κ1) is 20.2. The van der Waals surface area contributed by atoms with Crippen LogP contribution in [0.5, 0.6) is 5.75 Å². The lowest BCUT2D eigenvalue weighted by molar-refractivity contribution is -0.149. The fraction of sp³-hybridized carbons (Fsp3) is 0.286. The molecule has 1 N–H and O–H groups in total. The van der Waals surface area contributed by atoms with Crippen molar-refractivity contribution >= 4 is 23.7 Å². The summed E-state index contributed by atoms with van der Waals surface area (Å²) in [4.78, 5) is 40.2. The van der Waals surface area contributed by atoms with E-state index < -0.39 is 30.2 Å². The molecule has 10 heteroatoms. The van der Waals surface area contributed by atoms with E-state index in [1.807, 2.05) is 6.07 Å². The molecule has 158 valence electrons. The summed E-state index contributed by atoms with van der Waals surface area (Å²) in [7, 11) is 0. The lowest BCUT2D eigenvalue weighted by atomic mass is 10.0. The SMILES string of the molecule is N#Cc1ccc(-c2ccc3c(c2)OC[C@H]2[C@H](COC(=O)CCC(=O)O)OC(=O)N32)cn1. The van der Waals surface area contributed by atoms with Gasteiger partial charge in [0.2, 0.25) is 0 Å². The van der Waals surface area contributed by atoms with Crippen molar-refractivity contribution in [1.29, 1.82) is 5.26 Å². The smallest absolute Gasteiger partial charge is 0.415 e. The highest BCUT2D eigenvalue weighted by Crippen LogP contribution is 2.41. The Morgan fingerprint density at radius 1 is 1.26 bits per heavy atom. The Balaban J connectivity index is 1.47. The van der Waals surface area contributed by atoms with Gasteiger partial charge in [-0.15, -0.1) is 0 Å². The third kappa shape index (κ3) is 4.11. The number of hydrogen-bond acceptors (Lipinski definition) is 8. The van der Waals surface area contributed by atoms with Crippen molar-refractivity contribution in [2.45, 2.75) is 25.0 Å². The molecule has 2 atom stereocenters. The van der Waals surface area contributed by atoms with E-state index in [9.17, 15) is 14.4 Å². The molecule has 2 aromatic rings. The quantitative estimate of drug-likeness (QED) is 0.692. The first-order valence-electron chi connectivity index (χ1n) is 9.47. The number of nitriles is 1. The first-order valence-corrected chi connectivity index (χ1v) is 9.47. The minimum atomic E-state index is -1.09. The average Bonchev–Trinajstić information content (AvgIpc) is 3.11. The van der Waals surface area contributed by atoms with E-state index in [0.29, 0.717) is 17.1 Å². The molecule has 0 radical (unpaired) electrons. The van der Waals surface area contributed by atoms with E-state index in [-0.39, 0.29) is 26.1 Å². The largest absolute Gasteiger partial charge is 0.489 e. The Kier molecular flexibility index (Phi) is 5.41. The zero-order chi connectivity index (χ0) is 22.0. The number of cyclic esters (lactones) is 1. The van der Waals surface area contributed by atoms with Gasteiger partial charge in [0.25, 0.3) is 0 Å². The van der Waals surface area contributed by atoms with Crippen molar-refractivity contribution in [3.05, 3.63) is 42.2 Å². The molecule has 2 aliphatic rings. The van der Waals surface area contributed by atoms with E-state index in [2.05, 4.69) is 4.98 Å². The van der Waals surface area contributed by atoms with Crippen molar-refractivity contribution < 1.29 is 33.7 Å². The number of amides is 1. The van der Waals surface area contributed by atoms with Crippen LogP contribution < -0.4 is 9.64 Å². The van der Waals surface area contributed by atoms with Crippen LogP contribution >= 0.6 is 0 Å². The molecule has 0 saturated carbocycles. The molecule has 4 rings (SSSR count). The number of nitrogens with zero attached hydrogens (tertiary/aromatic N) is 3.